The standard InChI is InChI=1S/C21H18O2/c1-16-10-8-9-15-19(16)21(20(22)23,17-11-4-2-5-12-17)18-13-6-3-7-14-18/h2-15H,1H3,(H,22,23). The average Bonchev–Trinajstić information content (AvgIpc) is 2.59. The van der Waals surface area contributed by atoms with Crippen LogP contribution in [-0.2, 0) is 10.2 Å². The highest BCUT2D eigenvalue weighted by atomic mass is 16.4. The van der Waals surface area contributed by atoms with E-state index >= 15 is 0 Å². The predicted octanol–water partition coefficient (Wildman–Crippen LogP) is 4.41. The topological polar surface area (TPSA) is 37.3 Å². The monoisotopic (exact) mass is 302 g/mol. The largest absolute Gasteiger partial charge is 0.480 e. The molecule has 0 saturated carbocycles. The quantitative estimate of drug-likeness (QED) is 0.725. The molecule has 0 fully saturated rings. The minimum atomic E-state index is -1.21. The molecule has 114 valence electrons. The maximum atomic E-state index is 12.6. The summed E-state index contributed by atoms with van der Waals surface area (Å²) in [5, 5.41) is 10.3. The fraction of sp³-hybridized carbons (Fsp3) is 0.0952. The Bertz CT molecular complexity index is 768. The van der Waals surface area contributed by atoms with E-state index in [1.165, 1.54) is 0 Å². The van der Waals surface area contributed by atoms with Crippen LogP contribution in [0.1, 0.15) is 22.3 Å². The fourth-order valence-corrected chi connectivity index (χ4v) is 3.21. The number of carboxylic acids is 1. The first-order chi connectivity index (χ1) is 11.2. The number of benzene rings is 3. The molecule has 3 rings (SSSR count). The smallest absolute Gasteiger partial charge is 0.323 e. The van der Waals surface area contributed by atoms with E-state index in [0.717, 1.165) is 22.3 Å². The van der Waals surface area contributed by atoms with Crippen LogP contribution in [0.15, 0.2) is 84.9 Å². The number of hydrogen-bond donors (Lipinski definition) is 1. The van der Waals surface area contributed by atoms with Crippen molar-refractivity contribution in [2.24, 2.45) is 0 Å². The second-order valence-corrected chi connectivity index (χ2v) is 5.60. The molecular weight excluding hydrogens is 284 g/mol. The van der Waals surface area contributed by atoms with Gasteiger partial charge in [-0.25, -0.2) is 0 Å². The van der Waals surface area contributed by atoms with E-state index in [-0.39, 0.29) is 0 Å². The Kier molecular flexibility index (Phi) is 3.98. The van der Waals surface area contributed by atoms with Crippen LogP contribution < -0.4 is 0 Å². The van der Waals surface area contributed by atoms with Crippen LogP contribution in [0.4, 0.5) is 0 Å². The summed E-state index contributed by atoms with van der Waals surface area (Å²) >= 11 is 0. The van der Waals surface area contributed by atoms with Crippen molar-refractivity contribution in [3.63, 3.8) is 0 Å². The van der Waals surface area contributed by atoms with Crippen molar-refractivity contribution in [3.05, 3.63) is 107 Å². The number of aryl methyl sites for hydroxylation is 1. The Morgan fingerprint density at radius 3 is 1.61 bits per heavy atom. The molecule has 0 heterocycles. The van der Waals surface area contributed by atoms with Crippen molar-refractivity contribution in [3.8, 4) is 0 Å². The van der Waals surface area contributed by atoms with Crippen LogP contribution in [-0.4, -0.2) is 11.1 Å². The predicted molar refractivity (Wildman–Crippen MR) is 91.6 cm³/mol. The maximum Gasteiger partial charge on any atom is 0.323 e. The van der Waals surface area contributed by atoms with Gasteiger partial charge in [0.05, 0.1) is 0 Å². The van der Waals surface area contributed by atoms with Gasteiger partial charge in [0.2, 0.25) is 0 Å². The zero-order valence-corrected chi connectivity index (χ0v) is 12.9. The zero-order valence-electron chi connectivity index (χ0n) is 12.9. The highest BCUT2D eigenvalue weighted by Crippen LogP contribution is 2.40. The first kappa shape index (κ1) is 15.0. The molecule has 0 amide bonds. The summed E-state index contributed by atoms with van der Waals surface area (Å²) in [5.74, 6) is -0.871. The molecule has 0 aromatic heterocycles. The lowest BCUT2D eigenvalue weighted by atomic mass is 9.68. The summed E-state index contributed by atoms with van der Waals surface area (Å²) in [5.41, 5.74) is 2.06. The summed E-state index contributed by atoms with van der Waals surface area (Å²) in [6, 6.07) is 26.6. The Hall–Kier alpha value is -2.87. The molecule has 0 atom stereocenters. The van der Waals surface area contributed by atoms with Gasteiger partial charge in [0, 0.05) is 0 Å². The van der Waals surface area contributed by atoms with Gasteiger partial charge in [-0.05, 0) is 29.2 Å². The fourth-order valence-electron chi connectivity index (χ4n) is 3.21. The second-order valence-electron chi connectivity index (χ2n) is 5.60. The van der Waals surface area contributed by atoms with Gasteiger partial charge in [-0.15, -0.1) is 0 Å². The van der Waals surface area contributed by atoms with Gasteiger partial charge in [0.25, 0.3) is 0 Å². The first-order valence-electron chi connectivity index (χ1n) is 7.58. The molecule has 1 N–H and O–H groups in total. The third-order valence-corrected chi connectivity index (χ3v) is 4.28. The summed E-state index contributed by atoms with van der Waals surface area (Å²) in [6.07, 6.45) is 0. The molecule has 2 heteroatoms. The van der Waals surface area contributed by atoms with Crippen molar-refractivity contribution in [2.45, 2.75) is 12.3 Å². The van der Waals surface area contributed by atoms with Crippen molar-refractivity contribution in [2.75, 3.05) is 0 Å². The molecule has 0 saturated heterocycles. The van der Waals surface area contributed by atoms with Gasteiger partial charge >= 0.3 is 5.97 Å². The van der Waals surface area contributed by atoms with Gasteiger partial charge in [0.15, 0.2) is 0 Å². The molecule has 0 aliphatic carbocycles. The van der Waals surface area contributed by atoms with Crippen molar-refractivity contribution in [1.82, 2.24) is 0 Å². The molecule has 0 aliphatic heterocycles. The van der Waals surface area contributed by atoms with E-state index in [1.807, 2.05) is 91.9 Å². The summed E-state index contributed by atoms with van der Waals surface area (Å²) in [6.45, 7) is 1.96. The highest BCUT2D eigenvalue weighted by molar-refractivity contribution is 5.91. The van der Waals surface area contributed by atoms with Crippen LogP contribution in [0.5, 0.6) is 0 Å². The minimum Gasteiger partial charge on any atom is -0.480 e. The van der Waals surface area contributed by atoms with Gasteiger partial charge in [-0.2, -0.15) is 0 Å². The molecule has 0 radical (unpaired) electrons. The summed E-state index contributed by atoms with van der Waals surface area (Å²) in [7, 11) is 0. The second kappa shape index (κ2) is 6.09. The normalized spacial score (nSPS) is 11.2. The van der Waals surface area contributed by atoms with Crippen LogP contribution in [0, 0.1) is 6.92 Å². The number of carboxylic acid groups (broad SMARTS) is 1. The number of hydrogen-bond acceptors (Lipinski definition) is 1. The Labute approximate surface area is 136 Å². The molecule has 0 spiro atoms. The van der Waals surface area contributed by atoms with E-state index in [1.54, 1.807) is 0 Å². The SMILES string of the molecule is Cc1ccccc1C(C(=O)O)(c1ccccc1)c1ccccc1. The molecule has 2 nitrogen and oxygen atoms in total. The van der Waals surface area contributed by atoms with Crippen LogP contribution in [0.3, 0.4) is 0 Å². The molecular formula is C21H18O2. The van der Waals surface area contributed by atoms with Gasteiger partial charge in [-0.3, -0.25) is 4.79 Å². The van der Waals surface area contributed by atoms with Gasteiger partial charge in [0.1, 0.15) is 5.41 Å². The number of aliphatic carboxylic acids is 1. The third kappa shape index (κ3) is 2.42. The van der Waals surface area contributed by atoms with E-state index < -0.39 is 11.4 Å². The molecule has 23 heavy (non-hydrogen) atoms. The van der Waals surface area contributed by atoms with Crippen LogP contribution in [0.25, 0.3) is 0 Å². The molecule has 3 aromatic carbocycles. The minimum absolute atomic E-state index is 0.757. The van der Waals surface area contributed by atoms with E-state index in [0.29, 0.717) is 0 Å². The lowest BCUT2D eigenvalue weighted by Crippen LogP contribution is -2.39. The zero-order chi connectivity index (χ0) is 16.3. The summed E-state index contributed by atoms with van der Waals surface area (Å²) in [4.78, 5) is 12.6. The van der Waals surface area contributed by atoms with Gasteiger partial charge < -0.3 is 5.11 Å². The number of carbonyl (C=O) groups is 1. The van der Waals surface area contributed by atoms with Crippen molar-refractivity contribution < 1.29 is 9.90 Å². The van der Waals surface area contributed by atoms with Crippen molar-refractivity contribution in [1.29, 1.82) is 0 Å². The van der Waals surface area contributed by atoms with Crippen LogP contribution >= 0.6 is 0 Å². The summed E-state index contributed by atoms with van der Waals surface area (Å²) < 4.78 is 0. The van der Waals surface area contributed by atoms with E-state index in [2.05, 4.69) is 0 Å². The lowest BCUT2D eigenvalue weighted by Gasteiger charge is -2.32. The number of rotatable bonds is 4. The first-order valence-corrected chi connectivity index (χ1v) is 7.58. The molecule has 0 unspecified atom stereocenters. The third-order valence-electron chi connectivity index (χ3n) is 4.28. The highest BCUT2D eigenvalue weighted by Gasteiger charge is 2.44. The maximum absolute atomic E-state index is 12.6. The molecule has 0 bridgehead atoms. The average molecular weight is 302 g/mol. The van der Waals surface area contributed by atoms with Crippen molar-refractivity contribution >= 4 is 5.97 Å². The Morgan fingerprint density at radius 1 is 0.739 bits per heavy atom. The van der Waals surface area contributed by atoms with E-state index in [9.17, 15) is 9.90 Å². The van der Waals surface area contributed by atoms with Gasteiger partial charge in [-0.1, -0.05) is 84.9 Å². The van der Waals surface area contributed by atoms with E-state index in [4.69, 9.17) is 0 Å². The lowest BCUT2D eigenvalue weighted by molar-refractivity contribution is -0.140. The molecule has 0 aliphatic rings. The Morgan fingerprint density at radius 2 is 1.17 bits per heavy atom. The van der Waals surface area contributed by atoms with Crippen LogP contribution in [0.2, 0.25) is 0 Å². The molecule has 3 aromatic rings. The Balaban J connectivity index is 2.42.